The Balaban J connectivity index is 3.00. The molecule has 0 aliphatic rings. The Hall–Kier alpha value is -1.37. The fourth-order valence-corrected chi connectivity index (χ4v) is 1.68. The molecule has 0 atom stereocenters. The molecule has 0 aliphatic heterocycles. The van der Waals surface area contributed by atoms with Gasteiger partial charge >= 0.3 is 11.9 Å². The molecule has 0 aromatic carbocycles. The van der Waals surface area contributed by atoms with Crippen LogP contribution in [0.4, 0.5) is 0 Å². The number of rotatable bonds is 6. The lowest BCUT2D eigenvalue weighted by molar-refractivity contribution is 0.0506. The van der Waals surface area contributed by atoms with Gasteiger partial charge in [0.25, 0.3) is 0 Å². The van der Waals surface area contributed by atoms with E-state index in [2.05, 4.69) is 21.0 Å². The van der Waals surface area contributed by atoms with E-state index in [9.17, 15) is 9.59 Å². The highest BCUT2D eigenvalue weighted by Gasteiger charge is 2.20. The van der Waals surface area contributed by atoms with Crippen LogP contribution in [0.5, 0.6) is 0 Å². The van der Waals surface area contributed by atoms with Gasteiger partial charge in [0.1, 0.15) is 5.69 Å². The number of ether oxygens (including phenoxy) is 2. The van der Waals surface area contributed by atoms with E-state index in [-0.39, 0.29) is 24.6 Å². The van der Waals surface area contributed by atoms with Crippen molar-refractivity contribution in [3.8, 4) is 0 Å². The second-order valence-corrected chi connectivity index (χ2v) is 4.06. The minimum atomic E-state index is -0.545. The average molecular weight is 319 g/mol. The van der Waals surface area contributed by atoms with Gasteiger partial charge in [0.05, 0.1) is 19.8 Å². The van der Waals surface area contributed by atoms with E-state index < -0.39 is 11.9 Å². The molecule has 7 heteroatoms. The molecular formula is C11H15BrN2O4. The van der Waals surface area contributed by atoms with Crippen molar-refractivity contribution >= 4 is 27.9 Å². The fraction of sp³-hybridized carbons (Fsp3) is 0.545. The standard InChI is InChI=1S/C11H15BrN2O4/c1-3-17-10(15)8-7-9(11(16)18-4-2)14(13-8)6-5-12/h7H,3-6H2,1-2H3. The molecular weight excluding hydrogens is 304 g/mol. The molecule has 0 aliphatic carbocycles. The second kappa shape index (κ2) is 7.15. The van der Waals surface area contributed by atoms with Crippen LogP contribution >= 0.6 is 15.9 Å². The number of hydrogen-bond acceptors (Lipinski definition) is 5. The minimum Gasteiger partial charge on any atom is -0.461 e. The first-order valence-electron chi connectivity index (χ1n) is 5.62. The number of carbonyl (C=O) groups is 2. The van der Waals surface area contributed by atoms with Gasteiger partial charge in [-0.1, -0.05) is 15.9 Å². The maximum absolute atomic E-state index is 11.7. The lowest BCUT2D eigenvalue weighted by Gasteiger charge is -2.04. The van der Waals surface area contributed by atoms with E-state index in [0.29, 0.717) is 11.9 Å². The number of hydrogen-bond donors (Lipinski definition) is 0. The van der Waals surface area contributed by atoms with Crippen LogP contribution in [0.25, 0.3) is 0 Å². The van der Waals surface area contributed by atoms with Gasteiger partial charge < -0.3 is 9.47 Å². The summed E-state index contributed by atoms with van der Waals surface area (Å²) in [6.45, 7) is 4.43. The number of alkyl halides is 1. The molecule has 0 N–H and O–H groups in total. The molecule has 0 fully saturated rings. The summed E-state index contributed by atoms with van der Waals surface area (Å²) in [5.41, 5.74) is 0.361. The largest absolute Gasteiger partial charge is 0.461 e. The summed E-state index contributed by atoms with van der Waals surface area (Å²) in [5.74, 6) is -1.04. The van der Waals surface area contributed by atoms with E-state index in [0.717, 1.165) is 0 Å². The highest BCUT2D eigenvalue weighted by Crippen LogP contribution is 2.09. The molecule has 0 unspecified atom stereocenters. The number of nitrogens with zero attached hydrogens (tertiary/aromatic N) is 2. The number of esters is 2. The number of aryl methyl sites for hydroxylation is 1. The highest BCUT2D eigenvalue weighted by atomic mass is 79.9. The third kappa shape index (κ3) is 3.56. The van der Waals surface area contributed by atoms with Gasteiger partial charge in [-0.15, -0.1) is 0 Å². The zero-order valence-electron chi connectivity index (χ0n) is 10.3. The Morgan fingerprint density at radius 3 is 2.44 bits per heavy atom. The maximum Gasteiger partial charge on any atom is 0.358 e. The summed E-state index contributed by atoms with van der Waals surface area (Å²) in [5, 5.41) is 4.65. The van der Waals surface area contributed by atoms with Gasteiger partial charge in [0.15, 0.2) is 5.69 Å². The molecule has 0 spiro atoms. The van der Waals surface area contributed by atoms with Crippen LogP contribution in [-0.2, 0) is 16.0 Å². The summed E-state index contributed by atoms with van der Waals surface area (Å²) >= 11 is 3.26. The van der Waals surface area contributed by atoms with Crippen LogP contribution in [0.1, 0.15) is 34.8 Å². The molecule has 1 heterocycles. The van der Waals surface area contributed by atoms with Crippen LogP contribution in [0.3, 0.4) is 0 Å². The van der Waals surface area contributed by atoms with Crippen LogP contribution in [0.2, 0.25) is 0 Å². The molecule has 1 aromatic heterocycles. The third-order valence-electron chi connectivity index (χ3n) is 2.05. The van der Waals surface area contributed by atoms with Crippen molar-refractivity contribution in [1.82, 2.24) is 9.78 Å². The normalized spacial score (nSPS) is 10.2. The smallest absolute Gasteiger partial charge is 0.358 e. The van der Waals surface area contributed by atoms with Crippen LogP contribution in [0, 0.1) is 0 Å². The predicted octanol–water partition coefficient (Wildman–Crippen LogP) is 1.63. The van der Waals surface area contributed by atoms with E-state index in [1.807, 2.05) is 0 Å². The fourth-order valence-electron chi connectivity index (χ4n) is 1.34. The summed E-state index contributed by atoms with van der Waals surface area (Å²) in [6, 6.07) is 1.39. The summed E-state index contributed by atoms with van der Waals surface area (Å²) in [7, 11) is 0. The van der Waals surface area contributed by atoms with Crippen molar-refractivity contribution < 1.29 is 19.1 Å². The number of carbonyl (C=O) groups excluding carboxylic acids is 2. The molecule has 18 heavy (non-hydrogen) atoms. The van der Waals surface area contributed by atoms with Crippen molar-refractivity contribution in [2.75, 3.05) is 18.5 Å². The van der Waals surface area contributed by atoms with Gasteiger partial charge in [-0.2, -0.15) is 5.10 Å². The minimum absolute atomic E-state index is 0.112. The summed E-state index contributed by atoms with van der Waals surface area (Å²) in [4.78, 5) is 23.2. The second-order valence-electron chi connectivity index (χ2n) is 3.27. The summed E-state index contributed by atoms with van der Waals surface area (Å²) in [6.07, 6.45) is 0. The summed E-state index contributed by atoms with van der Waals surface area (Å²) < 4.78 is 11.2. The lowest BCUT2D eigenvalue weighted by Crippen LogP contribution is -2.14. The third-order valence-corrected chi connectivity index (χ3v) is 2.40. The zero-order chi connectivity index (χ0) is 13.5. The van der Waals surface area contributed by atoms with Crippen molar-refractivity contribution in [3.05, 3.63) is 17.5 Å². The van der Waals surface area contributed by atoms with Crippen molar-refractivity contribution in [1.29, 1.82) is 0 Å². The average Bonchev–Trinajstić information content (AvgIpc) is 2.74. The Morgan fingerprint density at radius 2 is 1.89 bits per heavy atom. The van der Waals surface area contributed by atoms with E-state index in [4.69, 9.17) is 9.47 Å². The van der Waals surface area contributed by atoms with E-state index in [1.54, 1.807) is 13.8 Å². The molecule has 0 saturated carbocycles. The maximum atomic E-state index is 11.7. The molecule has 0 amide bonds. The van der Waals surface area contributed by atoms with Crippen molar-refractivity contribution in [2.24, 2.45) is 0 Å². The molecule has 100 valence electrons. The first-order valence-corrected chi connectivity index (χ1v) is 6.74. The van der Waals surface area contributed by atoms with E-state index >= 15 is 0 Å². The topological polar surface area (TPSA) is 70.4 Å². The van der Waals surface area contributed by atoms with Gasteiger partial charge in [0.2, 0.25) is 0 Å². The Morgan fingerprint density at radius 1 is 1.28 bits per heavy atom. The predicted molar refractivity (Wildman–Crippen MR) is 67.9 cm³/mol. The first kappa shape index (κ1) is 14.7. The van der Waals surface area contributed by atoms with Gasteiger partial charge in [-0.25, -0.2) is 9.59 Å². The SMILES string of the molecule is CCOC(=O)c1cc(C(=O)OCC)n(CCBr)n1. The van der Waals surface area contributed by atoms with Crippen LogP contribution in [0.15, 0.2) is 6.07 Å². The molecule has 0 saturated heterocycles. The molecule has 1 aromatic rings. The van der Waals surface area contributed by atoms with Crippen molar-refractivity contribution in [2.45, 2.75) is 20.4 Å². The van der Waals surface area contributed by atoms with Gasteiger partial charge in [-0.05, 0) is 13.8 Å². The first-order chi connectivity index (χ1) is 8.63. The number of halogens is 1. The highest BCUT2D eigenvalue weighted by molar-refractivity contribution is 9.09. The van der Waals surface area contributed by atoms with Crippen LogP contribution in [-0.4, -0.2) is 40.3 Å². The van der Waals surface area contributed by atoms with Gasteiger partial charge in [-0.3, -0.25) is 4.68 Å². The number of aromatic nitrogens is 2. The monoisotopic (exact) mass is 318 g/mol. The van der Waals surface area contributed by atoms with Gasteiger partial charge in [0, 0.05) is 11.4 Å². The lowest BCUT2D eigenvalue weighted by atomic mass is 10.3. The Kier molecular flexibility index (Phi) is 5.84. The van der Waals surface area contributed by atoms with Crippen molar-refractivity contribution in [3.63, 3.8) is 0 Å². The molecule has 0 bridgehead atoms. The Labute approximate surface area is 113 Å². The zero-order valence-corrected chi connectivity index (χ0v) is 11.9. The van der Waals surface area contributed by atoms with Crippen LogP contribution < -0.4 is 0 Å². The quantitative estimate of drug-likeness (QED) is 0.589. The Bertz CT molecular complexity index is 431. The van der Waals surface area contributed by atoms with E-state index in [1.165, 1.54) is 10.7 Å². The molecule has 0 radical (unpaired) electrons. The molecule has 6 nitrogen and oxygen atoms in total. The molecule has 1 rings (SSSR count).